The molecule has 0 spiro atoms. The lowest BCUT2D eigenvalue weighted by molar-refractivity contribution is 0.229. The minimum Gasteiger partial charge on any atom is -0.470 e. The fourth-order valence-electron chi connectivity index (χ4n) is 1.36. The molecule has 1 aliphatic heterocycles. The Hall–Kier alpha value is -1.31. The molecular weight excluding hydrogens is 138 g/mol. The van der Waals surface area contributed by atoms with Gasteiger partial charge < -0.3 is 4.74 Å². The quantitative estimate of drug-likeness (QED) is 0.599. The average molecular weight is 147 g/mol. The number of benzene rings is 1. The number of nitrogens with one attached hydrogen (secondary N) is 1. The predicted molar refractivity (Wildman–Crippen MR) is 42.8 cm³/mol. The topological polar surface area (TPSA) is 33.1 Å². The lowest BCUT2D eigenvalue weighted by Crippen LogP contribution is -1.93. The third-order valence-electron chi connectivity index (χ3n) is 1.94. The van der Waals surface area contributed by atoms with E-state index in [-0.39, 0.29) is 6.10 Å². The van der Waals surface area contributed by atoms with Crippen molar-refractivity contribution in [1.82, 2.24) is 0 Å². The van der Waals surface area contributed by atoms with Crippen molar-refractivity contribution in [1.29, 1.82) is 5.41 Å². The van der Waals surface area contributed by atoms with Crippen molar-refractivity contribution in [2.75, 3.05) is 0 Å². The number of fused-ring (bicyclic) bond motifs is 1. The van der Waals surface area contributed by atoms with E-state index in [9.17, 15) is 0 Å². The monoisotopic (exact) mass is 147 g/mol. The van der Waals surface area contributed by atoms with Crippen molar-refractivity contribution in [2.45, 2.75) is 13.0 Å². The molecule has 56 valence electrons. The molecule has 1 aromatic rings. The van der Waals surface area contributed by atoms with Crippen molar-refractivity contribution < 1.29 is 4.74 Å². The zero-order valence-corrected chi connectivity index (χ0v) is 6.29. The molecular formula is C9H9NO. The highest BCUT2D eigenvalue weighted by atomic mass is 16.5. The lowest BCUT2D eigenvalue weighted by atomic mass is 10.1. The molecule has 1 aromatic carbocycles. The van der Waals surface area contributed by atoms with Crippen LogP contribution in [0, 0.1) is 5.41 Å². The van der Waals surface area contributed by atoms with Gasteiger partial charge in [0.2, 0.25) is 5.90 Å². The molecule has 0 saturated carbocycles. The summed E-state index contributed by atoms with van der Waals surface area (Å²) in [4.78, 5) is 0. The summed E-state index contributed by atoms with van der Waals surface area (Å²) >= 11 is 0. The molecule has 1 unspecified atom stereocenters. The molecule has 0 saturated heterocycles. The van der Waals surface area contributed by atoms with Crippen LogP contribution >= 0.6 is 0 Å². The van der Waals surface area contributed by atoms with Crippen LogP contribution in [0.4, 0.5) is 0 Å². The normalized spacial score (nSPS) is 21.2. The van der Waals surface area contributed by atoms with E-state index in [1.807, 2.05) is 31.2 Å². The third-order valence-corrected chi connectivity index (χ3v) is 1.94. The van der Waals surface area contributed by atoms with Crippen LogP contribution in [0.2, 0.25) is 0 Å². The van der Waals surface area contributed by atoms with E-state index < -0.39 is 0 Å². The van der Waals surface area contributed by atoms with Gasteiger partial charge in [-0.2, -0.15) is 0 Å². The summed E-state index contributed by atoms with van der Waals surface area (Å²) in [6, 6.07) is 7.81. The van der Waals surface area contributed by atoms with E-state index in [4.69, 9.17) is 10.1 Å². The van der Waals surface area contributed by atoms with Gasteiger partial charge in [0.25, 0.3) is 0 Å². The Morgan fingerprint density at radius 1 is 1.36 bits per heavy atom. The van der Waals surface area contributed by atoms with Crippen LogP contribution in [0.1, 0.15) is 24.2 Å². The Kier molecular flexibility index (Phi) is 1.22. The summed E-state index contributed by atoms with van der Waals surface area (Å²) in [5.41, 5.74) is 2.05. The van der Waals surface area contributed by atoms with E-state index in [2.05, 4.69) is 0 Å². The van der Waals surface area contributed by atoms with Gasteiger partial charge in [0.1, 0.15) is 6.10 Å². The second kappa shape index (κ2) is 2.09. The Bertz CT molecular complexity index is 306. The van der Waals surface area contributed by atoms with E-state index in [0.29, 0.717) is 5.90 Å². The highest BCUT2D eigenvalue weighted by Gasteiger charge is 2.23. The van der Waals surface area contributed by atoms with Crippen molar-refractivity contribution in [2.24, 2.45) is 0 Å². The second-order valence-corrected chi connectivity index (χ2v) is 2.68. The number of rotatable bonds is 0. The second-order valence-electron chi connectivity index (χ2n) is 2.68. The Balaban J connectivity index is 2.60. The van der Waals surface area contributed by atoms with Crippen molar-refractivity contribution in [3.8, 4) is 0 Å². The van der Waals surface area contributed by atoms with Gasteiger partial charge >= 0.3 is 0 Å². The number of hydrogen-bond acceptors (Lipinski definition) is 2. The molecule has 0 fully saturated rings. The first-order chi connectivity index (χ1) is 5.29. The van der Waals surface area contributed by atoms with E-state index in [1.54, 1.807) is 0 Å². The molecule has 0 amide bonds. The maximum Gasteiger partial charge on any atom is 0.214 e. The van der Waals surface area contributed by atoms with Gasteiger partial charge in [0.15, 0.2) is 0 Å². The average Bonchev–Trinajstić information content (AvgIpc) is 2.30. The van der Waals surface area contributed by atoms with Gasteiger partial charge in [-0.3, -0.25) is 5.41 Å². The summed E-state index contributed by atoms with van der Waals surface area (Å²) in [6.45, 7) is 1.96. The van der Waals surface area contributed by atoms with Crippen LogP contribution in [-0.2, 0) is 4.74 Å². The minimum absolute atomic E-state index is 0.0544. The van der Waals surface area contributed by atoms with Gasteiger partial charge in [0, 0.05) is 11.1 Å². The largest absolute Gasteiger partial charge is 0.470 e. The highest BCUT2D eigenvalue weighted by molar-refractivity contribution is 5.95. The summed E-state index contributed by atoms with van der Waals surface area (Å²) in [6.07, 6.45) is 0.0544. The molecule has 2 rings (SSSR count). The SMILES string of the molecule is CC1OC(=N)c2ccccc21. The maximum atomic E-state index is 7.44. The molecule has 0 aliphatic carbocycles. The number of ether oxygens (including phenoxy) is 1. The third kappa shape index (κ3) is 0.827. The van der Waals surface area contributed by atoms with E-state index >= 15 is 0 Å². The van der Waals surface area contributed by atoms with Gasteiger partial charge in [-0.25, -0.2) is 0 Å². The summed E-state index contributed by atoms with van der Waals surface area (Å²) < 4.78 is 5.21. The number of hydrogen-bond donors (Lipinski definition) is 1. The van der Waals surface area contributed by atoms with Crippen LogP contribution in [0.5, 0.6) is 0 Å². The predicted octanol–water partition coefficient (Wildman–Crippen LogP) is 2.10. The first kappa shape index (κ1) is 6.40. The van der Waals surface area contributed by atoms with E-state index in [1.165, 1.54) is 0 Å². The minimum atomic E-state index is 0.0544. The first-order valence-corrected chi connectivity index (χ1v) is 3.63. The maximum absolute atomic E-state index is 7.44. The fraction of sp³-hybridized carbons (Fsp3) is 0.222. The van der Waals surface area contributed by atoms with Crippen molar-refractivity contribution >= 4 is 5.90 Å². The Labute approximate surface area is 65.3 Å². The summed E-state index contributed by atoms with van der Waals surface area (Å²) in [5, 5.41) is 7.44. The van der Waals surface area contributed by atoms with Gasteiger partial charge in [-0.15, -0.1) is 0 Å². The first-order valence-electron chi connectivity index (χ1n) is 3.63. The highest BCUT2D eigenvalue weighted by Crippen LogP contribution is 2.28. The van der Waals surface area contributed by atoms with Crippen LogP contribution in [0.15, 0.2) is 24.3 Å². The Morgan fingerprint density at radius 2 is 2.09 bits per heavy atom. The van der Waals surface area contributed by atoms with Crippen LogP contribution in [0.3, 0.4) is 0 Å². The standard InChI is InChI=1S/C9H9NO/c1-6-7-4-2-3-5-8(7)9(10)11-6/h2-6,10H,1H3. The molecule has 1 heterocycles. The molecule has 0 radical (unpaired) electrons. The molecule has 1 aliphatic rings. The van der Waals surface area contributed by atoms with Crippen LogP contribution < -0.4 is 0 Å². The summed E-state index contributed by atoms with van der Waals surface area (Å²) in [7, 11) is 0. The molecule has 0 aromatic heterocycles. The zero-order chi connectivity index (χ0) is 7.84. The zero-order valence-electron chi connectivity index (χ0n) is 6.29. The Morgan fingerprint density at radius 3 is 2.82 bits per heavy atom. The van der Waals surface area contributed by atoms with Crippen LogP contribution in [-0.4, -0.2) is 5.90 Å². The molecule has 1 N–H and O–H groups in total. The molecule has 1 atom stereocenters. The van der Waals surface area contributed by atoms with Gasteiger partial charge in [0.05, 0.1) is 0 Å². The molecule has 2 nitrogen and oxygen atoms in total. The van der Waals surface area contributed by atoms with E-state index in [0.717, 1.165) is 11.1 Å². The summed E-state index contributed by atoms with van der Waals surface area (Å²) in [5.74, 6) is 0.299. The molecule has 11 heavy (non-hydrogen) atoms. The lowest BCUT2D eigenvalue weighted by Gasteiger charge is -2.00. The van der Waals surface area contributed by atoms with Crippen LogP contribution in [0.25, 0.3) is 0 Å². The van der Waals surface area contributed by atoms with Crippen molar-refractivity contribution in [3.05, 3.63) is 35.4 Å². The molecule has 0 bridgehead atoms. The fourth-order valence-corrected chi connectivity index (χ4v) is 1.36. The molecule has 2 heteroatoms. The van der Waals surface area contributed by atoms with Gasteiger partial charge in [-0.05, 0) is 13.0 Å². The van der Waals surface area contributed by atoms with Crippen molar-refractivity contribution in [3.63, 3.8) is 0 Å². The van der Waals surface area contributed by atoms with Gasteiger partial charge in [-0.1, -0.05) is 18.2 Å². The smallest absolute Gasteiger partial charge is 0.214 e.